The number of nitrogens with zero attached hydrogens (tertiary/aromatic N) is 2. The van der Waals surface area contributed by atoms with Crippen molar-refractivity contribution in [3.63, 3.8) is 0 Å². The summed E-state index contributed by atoms with van der Waals surface area (Å²) in [6, 6.07) is 6.15. The van der Waals surface area contributed by atoms with Crippen LogP contribution in [0, 0.1) is 5.92 Å². The number of piperidine rings is 1. The summed E-state index contributed by atoms with van der Waals surface area (Å²) in [5, 5.41) is 1.12. The molecule has 1 aliphatic rings. The van der Waals surface area contributed by atoms with E-state index in [1.807, 2.05) is 12.1 Å². The molecule has 2 N–H and O–H groups in total. The van der Waals surface area contributed by atoms with Gasteiger partial charge < -0.3 is 15.4 Å². The molecular formula is C16H20BrN3O. The number of nitrogen functional groups attached to an aromatic ring is 1. The molecule has 0 radical (unpaired) electrons. The Bertz CT molecular complexity index is 633. The fraction of sp³-hybridized carbons (Fsp3) is 0.438. The Morgan fingerprint density at radius 3 is 2.86 bits per heavy atom. The smallest absolute Gasteiger partial charge is 0.0745 e. The molecule has 1 fully saturated rings. The van der Waals surface area contributed by atoms with Gasteiger partial charge in [-0.15, -0.1) is 0 Å². The van der Waals surface area contributed by atoms with Crippen molar-refractivity contribution in [2.75, 3.05) is 37.4 Å². The molecule has 2 heterocycles. The molecule has 0 spiro atoms. The summed E-state index contributed by atoms with van der Waals surface area (Å²) in [5.41, 5.74) is 9.08. The lowest BCUT2D eigenvalue weighted by atomic mass is 9.97. The molecular weight excluding hydrogens is 330 g/mol. The van der Waals surface area contributed by atoms with Crippen LogP contribution in [-0.4, -0.2) is 31.8 Å². The molecule has 1 aliphatic heterocycles. The van der Waals surface area contributed by atoms with Gasteiger partial charge in [-0.05, 0) is 37.0 Å². The van der Waals surface area contributed by atoms with E-state index in [-0.39, 0.29) is 0 Å². The standard InChI is InChI=1S/C16H20BrN3O/c1-21-10-11-4-6-20(7-5-11)16-13-8-12(17)2-3-15(13)19-9-14(16)18/h2-3,8-9,11H,4-7,10,18H2,1H3. The topological polar surface area (TPSA) is 51.4 Å². The Labute approximate surface area is 133 Å². The van der Waals surface area contributed by atoms with Gasteiger partial charge in [0, 0.05) is 36.7 Å². The van der Waals surface area contributed by atoms with Crippen molar-refractivity contribution in [1.82, 2.24) is 4.98 Å². The van der Waals surface area contributed by atoms with Crippen LogP contribution in [-0.2, 0) is 4.74 Å². The molecule has 3 rings (SSSR count). The van der Waals surface area contributed by atoms with E-state index in [2.05, 4.69) is 31.9 Å². The van der Waals surface area contributed by atoms with Crippen molar-refractivity contribution in [3.8, 4) is 0 Å². The molecule has 1 aromatic carbocycles. The number of halogens is 1. The van der Waals surface area contributed by atoms with E-state index in [0.717, 1.165) is 59.3 Å². The number of benzene rings is 1. The molecule has 1 aromatic heterocycles. The molecule has 4 nitrogen and oxygen atoms in total. The maximum atomic E-state index is 6.22. The maximum absolute atomic E-state index is 6.22. The first-order valence-electron chi connectivity index (χ1n) is 7.26. The highest BCUT2D eigenvalue weighted by Crippen LogP contribution is 2.35. The molecule has 2 aromatic rings. The minimum atomic E-state index is 0.660. The number of rotatable bonds is 3. The summed E-state index contributed by atoms with van der Waals surface area (Å²) >= 11 is 3.54. The second kappa shape index (κ2) is 6.20. The molecule has 21 heavy (non-hydrogen) atoms. The number of methoxy groups -OCH3 is 1. The molecule has 0 aliphatic carbocycles. The first kappa shape index (κ1) is 14.6. The Morgan fingerprint density at radius 1 is 1.38 bits per heavy atom. The van der Waals surface area contributed by atoms with Crippen molar-refractivity contribution in [2.45, 2.75) is 12.8 Å². The quantitative estimate of drug-likeness (QED) is 0.921. The van der Waals surface area contributed by atoms with E-state index in [0.29, 0.717) is 5.92 Å². The first-order chi connectivity index (χ1) is 10.2. The van der Waals surface area contributed by atoms with Crippen molar-refractivity contribution < 1.29 is 4.74 Å². The summed E-state index contributed by atoms with van der Waals surface area (Å²) in [4.78, 5) is 6.82. The lowest BCUT2D eigenvalue weighted by Gasteiger charge is -2.34. The Hall–Kier alpha value is -1.33. The molecule has 0 atom stereocenters. The minimum Gasteiger partial charge on any atom is -0.396 e. The third-order valence-electron chi connectivity index (χ3n) is 4.16. The van der Waals surface area contributed by atoms with Crippen LogP contribution >= 0.6 is 15.9 Å². The molecule has 0 bridgehead atoms. The number of aromatic nitrogens is 1. The number of nitrogens with two attached hydrogens (primary N) is 1. The molecule has 5 heteroatoms. The van der Waals surface area contributed by atoms with Crippen molar-refractivity contribution >= 4 is 38.2 Å². The van der Waals surface area contributed by atoms with Gasteiger partial charge in [0.1, 0.15) is 0 Å². The first-order valence-corrected chi connectivity index (χ1v) is 8.06. The Kier molecular flexibility index (Phi) is 4.31. The number of hydrogen-bond acceptors (Lipinski definition) is 4. The predicted octanol–water partition coefficient (Wildman–Crippen LogP) is 3.44. The number of fused-ring (bicyclic) bond motifs is 1. The van der Waals surface area contributed by atoms with Crippen LogP contribution in [0.3, 0.4) is 0 Å². The van der Waals surface area contributed by atoms with Gasteiger partial charge in [-0.25, -0.2) is 0 Å². The van der Waals surface area contributed by atoms with Gasteiger partial charge in [0.25, 0.3) is 0 Å². The zero-order valence-corrected chi connectivity index (χ0v) is 13.8. The summed E-state index contributed by atoms with van der Waals surface area (Å²) in [5.74, 6) is 0.660. The van der Waals surface area contributed by atoms with E-state index >= 15 is 0 Å². The van der Waals surface area contributed by atoms with Crippen LogP contribution in [0.1, 0.15) is 12.8 Å². The highest BCUT2D eigenvalue weighted by atomic mass is 79.9. The Balaban J connectivity index is 1.93. The second-order valence-electron chi connectivity index (χ2n) is 5.61. The zero-order valence-electron chi connectivity index (χ0n) is 12.2. The highest BCUT2D eigenvalue weighted by molar-refractivity contribution is 9.10. The van der Waals surface area contributed by atoms with E-state index in [1.54, 1.807) is 13.3 Å². The van der Waals surface area contributed by atoms with Crippen LogP contribution in [0.4, 0.5) is 11.4 Å². The second-order valence-corrected chi connectivity index (χ2v) is 6.53. The van der Waals surface area contributed by atoms with Gasteiger partial charge >= 0.3 is 0 Å². The predicted molar refractivity (Wildman–Crippen MR) is 90.7 cm³/mol. The maximum Gasteiger partial charge on any atom is 0.0745 e. The van der Waals surface area contributed by atoms with Gasteiger partial charge in [0.2, 0.25) is 0 Å². The molecule has 112 valence electrons. The van der Waals surface area contributed by atoms with E-state index in [4.69, 9.17) is 10.5 Å². The minimum absolute atomic E-state index is 0.660. The average Bonchev–Trinajstić information content (AvgIpc) is 2.48. The molecule has 0 amide bonds. The number of pyridine rings is 1. The van der Waals surface area contributed by atoms with Crippen molar-refractivity contribution in [2.24, 2.45) is 5.92 Å². The molecule has 1 saturated heterocycles. The highest BCUT2D eigenvalue weighted by Gasteiger charge is 2.22. The fourth-order valence-electron chi connectivity index (χ4n) is 3.08. The Morgan fingerprint density at radius 2 is 2.14 bits per heavy atom. The van der Waals surface area contributed by atoms with Crippen LogP contribution in [0.25, 0.3) is 10.9 Å². The molecule has 0 saturated carbocycles. The lowest BCUT2D eigenvalue weighted by molar-refractivity contribution is 0.139. The SMILES string of the molecule is COCC1CCN(c2c(N)cnc3ccc(Br)cc23)CC1. The third-order valence-corrected chi connectivity index (χ3v) is 4.66. The third kappa shape index (κ3) is 2.99. The molecule has 0 unspecified atom stereocenters. The monoisotopic (exact) mass is 349 g/mol. The summed E-state index contributed by atoms with van der Waals surface area (Å²) in [6.45, 7) is 2.89. The van der Waals surface area contributed by atoms with Crippen LogP contribution in [0.5, 0.6) is 0 Å². The number of ether oxygens (including phenoxy) is 1. The van der Waals surface area contributed by atoms with Gasteiger partial charge in [-0.2, -0.15) is 0 Å². The van der Waals surface area contributed by atoms with E-state index < -0.39 is 0 Å². The number of hydrogen-bond donors (Lipinski definition) is 1. The van der Waals surface area contributed by atoms with Crippen LogP contribution in [0.15, 0.2) is 28.9 Å². The normalized spacial score (nSPS) is 16.6. The largest absolute Gasteiger partial charge is 0.396 e. The summed E-state index contributed by atoms with van der Waals surface area (Å²) in [6.07, 6.45) is 4.06. The van der Waals surface area contributed by atoms with E-state index in [9.17, 15) is 0 Å². The summed E-state index contributed by atoms with van der Waals surface area (Å²) < 4.78 is 6.33. The van der Waals surface area contributed by atoms with Gasteiger partial charge in [0.05, 0.1) is 23.1 Å². The number of anilines is 2. The van der Waals surface area contributed by atoms with Crippen molar-refractivity contribution in [1.29, 1.82) is 0 Å². The van der Waals surface area contributed by atoms with Crippen LogP contribution < -0.4 is 10.6 Å². The van der Waals surface area contributed by atoms with Gasteiger partial charge in [-0.1, -0.05) is 15.9 Å². The van der Waals surface area contributed by atoms with Crippen molar-refractivity contribution in [3.05, 3.63) is 28.9 Å². The van der Waals surface area contributed by atoms with Crippen LogP contribution in [0.2, 0.25) is 0 Å². The fourth-order valence-corrected chi connectivity index (χ4v) is 3.44. The summed E-state index contributed by atoms with van der Waals surface area (Å²) in [7, 11) is 1.78. The van der Waals surface area contributed by atoms with E-state index in [1.165, 1.54) is 0 Å². The zero-order chi connectivity index (χ0) is 14.8. The average molecular weight is 350 g/mol. The van der Waals surface area contributed by atoms with Gasteiger partial charge in [-0.3, -0.25) is 4.98 Å². The van der Waals surface area contributed by atoms with Gasteiger partial charge in [0.15, 0.2) is 0 Å². The lowest BCUT2D eigenvalue weighted by Crippen LogP contribution is -2.35.